The van der Waals surface area contributed by atoms with Crippen LogP contribution >= 0.6 is 34.8 Å². The number of rotatable bonds is 5. The molecule has 1 saturated carbocycles. The van der Waals surface area contributed by atoms with Crippen molar-refractivity contribution in [3.05, 3.63) is 27.7 Å². The van der Waals surface area contributed by atoms with Gasteiger partial charge in [0.25, 0.3) is 0 Å². The maximum Gasteiger partial charge on any atom is 0.139 e. The summed E-state index contributed by atoms with van der Waals surface area (Å²) in [5.74, 6) is 1.34. The van der Waals surface area contributed by atoms with Crippen LogP contribution in [0.2, 0.25) is 10.0 Å². The average Bonchev–Trinajstić information content (AvgIpc) is 2.43. The van der Waals surface area contributed by atoms with Gasteiger partial charge in [0.1, 0.15) is 5.75 Å². The Morgan fingerprint density at radius 2 is 1.85 bits per heavy atom. The molecule has 0 N–H and O–H groups in total. The van der Waals surface area contributed by atoms with Crippen molar-refractivity contribution in [2.24, 2.45) is 5.92 Å². The first-order valence-corrected chi connectivity index (χ1v) is 8.56. The standard InChI is InChI=1S/C16H21Cl3O/c1-2-20-16-10-14(18)12(9-15(16)19)13(17)8-11-6-4-3-5-7-11/h9-11,13H,2-8H2,1H3. The molecule has 1 aliphatic carbocycles. The molecule has 1 atom stereocenters. The van der Waals surface area contributed by atoms with Gasteiger partial charge in [-0.05, 0) is 30.9 Å². The summed E-state index contributed by atoms with van der Waals surface area (Å²) >= 11 is 19.1. The first-order chi connectivity index (χ1) is 9.61. The number of alkyl halides is 1. The Labute approximate surface area is 136 Å². The zero-order valence-electron chi connectivity index (χ0n) is 11.8. The topological polar surface area (TPSA) is 9.23 Å². The van der Waals surface area contributed by atoms with Gasteiger partial charge in [-0.3, -0.25) is 0 Å². The fourth-order valence-electron chi connectivity index (χ4n) is 2.89. The first-order valence-electron chi connectivity index (χ1n) is 7.37. The summed E-state index contributed by atoms with van der Waals surface area (Å²) in [6.07, 6.45) is 7.56. The number of benzene rings is 1. The Morgan fingerprint density at radius 1 is 1.15 bits per heavy atom. The minimum absolute atomic E-state index is 0.0706. The Balaban J connectivity index is 2.08. The van der Waals surface area contributed by atoms with Crippen LogP contribution in [0.3, 0.4) is 0 Å². The lowest BCUT2D eigenvalue weighted by Gasteiger charge is -2.24. The van der Waals surface area contributed by atoms with Crippen LogP contribution in [0.5, 0.6) is 5.75 Å². The second-order valence-corrected chi connectivity index (χ2v) is 6.79. The monoisotopic (exact) mass is 334 g/mol. The van der Waals surface area contributed by atoms with E-state index in [-0.39, 0.29) is 5.38 Å². The SMILES string of the molecule is CCOc1cc(Cl)c(C(Cl)CC2CCCCC2)cc1Cl. The van der Waals surface area contributed by atoms with Gasteiger partial charge in [0.15, 0.2) is 0 Å². The molecule has 0 amide bonds. The fraction of sp³-hybridized carbons (Fsp3) is 0.625. The lowest BCUT2D eigenvalue weighted by atomic mass is 9.85. The van der Waals surface area contributed by atoms with Gasteiger partial charge in [-0.25, -0.2) is 0 Å². The Kier molecular flexibility index (Phi) is 6.32. The second-order valence-electron chi connectivity index (χ2n) is 5.44. The van der Waals surface area contributed by atoms with Crippen LogP contribution in [0, 0.1) is 5.92 Å². The predicted molar refractivity (Wildman–Crippen MR) is 87.4 cm³/mol. The molecule has 0 spiro atoms. The van der Waals surface area contributed by atoms with Crippen molar-refractivity contribution >= 4 is 34.8 Å². The Hall–Kier alpha value is -0.110. The van der Waals surface area contributed by atoms with Crippen LogP contribution in [0.1, 0.15) is 56.4 Å². The highest BCUT2D eigenvalue weighted by Crippen LogP contribution is 2.41. The van der Waals surface area contributed by atoms with Gasteiger partial charge < -0.3 is 4.74 Å². The van der Waals surface area contributed by atoms with Gasteiger partial charge in [-0.15, -0.1) is 11.6 Å². The van der Waals surface area contributed by atoms with Crippen LogP contribution < -0.4 is 4.74 Å². The molecule has 2 rings (SSSR count). The fourth-order valence-corrected chi connectivity index (χ4v) is 3.89. The Bertz CT molecular complexity index is 442. The third kappa shape index (κ3) is 4.19. The molecule has 1 aromatic carbocycles. The van der Waals surface area contributed by atoms with E-state index in [0.29, 0.717) is 28.3 Å². The number of halogens is 3. The van der Waals surface area contributed by atoms with Crippen molar-refractivity contribution < 1.29 is 4.74 Å². The van der Waals surface area contributed by atoms with E-state index in [1.807, 2.05) is 13.0 Å². The normalized spacial score (nSPS) is 18.0. The third-order valence-corrected chi connectivity index (χ3v) is 4.99. The van der Waals surface area contributed by atoms with E-state index in [9.17, 15) is 0 Å². The summed E-state index contributed by atoms with van der Waals surface area (Å²) in [5.41, 5.74) is 0.923. The van der Waals surface area contributed by atoms with Gasteiger partial charge in [-0.2, -0.15) is 0 Å². The Morgan fingerprint density at radius 3 is 2.50 bits per heavy atom. The summed E-state index contributed by atoms with van der Waals surface area (Å²) in [4.78, 5) is 0. The minimum Gasteiger partial charge on any atom is -0.492 e. The predicted octanol–water partition coefficient (Wildman–Crippen LogP) is 6.64. The maximum atomic E-state index is 6.56. The van der Waals surface area contributed by atoms with Gasteiger partial charge in [0.05, 0.1) is 17.0 Å². The molecule has 0 aliphatic heterocycles. The van der Waals surface area contributed by atoms with Crippen LogP contribution in [0.4, 0.5) is 0 Å². The number of hydrogen-bond acceptors (Lipinski definition) is 1. The molecule has 0 aromatic heterocycles. The molecule has 0 bridgehead atoms. The van der Waals surface area contributed by atoms with Gasteiger partial charge in [0, 0.05) is 11.1 Å². The second kappa shape index (κ2) is 7.77. The molecule has 20 heavy (non-hydrogen) atoms. The summed E-state index contributed by atoms with van der Waals surface area (Å²) in [7, 11) is 0. The van der Waals surface area contributed by atoms with E-state index in [4.69, 9.17) is 39.5 Å². The van der Waals surface area contributed by atoms with Gasteiger partial charge in [0.2, 0.25) is 0 Å². The molecule has 4 heteroatoms. The summed E-state index contributed by atoms with van der Waals surface area (Å²) in [6.45, 7) is 2.49. The largest absolute Gasteiger partial charge is 0.492 e. The van der Waals surface area contributed by atoms with Crippen molar-refractivity contribution in [2.75, 3.05) is 6.61 Å². The van der Waals surface area contributed by atoms with Gasteiger partial charge >= 0.3 is 0 Å². The van der Waals surface area contributed by atoms with E-state index in [0.717, 1.165) is 12.0 Å². The quantitative estimate of drug-likeness (QED) is 0.548. The first kappa shape index (κ1) is 16.3. The number of ether oxygens (including phenoxy) is 1. The lowest BCUT2D eigenvalue weighted by molar-refractivity contribution is 0.335. The van der Waals surface area contributed by atoms with E-state index in [2.05, 4.69) is 0 Å². The molecule has 0 saturated heterocycles. The van der Waals surface area contributed by atoms with E-state index in [1.54, 1.807) is 6.07 Å². The molecule has 1 fully saturated rings. The van der Waals surface area contributed by atoms with Crippen molar-refractivity contribution in [2.45, 2.75) is 50.8 Å². The van der Waals surface area contributed by atoms with E-state index < -0.39 is 0 Å². The highest BCUT2D eigenvalue weighted by atomic mass is 35.5. The average molecular weight is 336 g/mol. The molecule has 0 radical (unpaired) electrons. The summed E-state index contributed by atoms with van der Waals surface area (Å²) < 4.78 is 5.44. The molecule has 0 heterocycles. The molecule has 1 aliphatic rings. The van der Waals surface area contributed by atoms with Crippen LogP contribution in [-0.4, -0.2) is 6.61 Å². The molecular formula is C16H21Cl3O. The molecular weight excluding hydrogens is 315 g/mol. The van der Waals surface area contributed by atoms with Crippen molar-refractivity contribution in [3.63, 3.8) is 0 Å². The van der Waals surface area contributed by atoms with Crippen molar-refractivity contribution in [1.82, 2.24) is 0 Å². The highest BCUT2D eigenvalue weighted by molar-refractivity contribution is 6.35. The summed E-state index contributed by atoms with van der Waals surface area (Å²) in [6, 6.07) is 3.63. The summed E-state index contributed by atoms with van der Waals surface area (Å²) in [5, 5.41) is 1.16. The van der Waals surface area contributed by atoms with Crippen LogP contribution in [0.25, 0.3) is 0 Å². The molecule has 1 aromatic rings. The van der Waals surface area contributed by atoms with E-state index >= 15 is 0 Å². The maximum absolute atomic E-state index is 6.56. The number of hydrogen-bond donors (Lipinski definition) is 0. The molecule has 112 valence electrons. The third-order valence-electron chi connectivity index (χ3n) is 3.95. The zero-order valence-corrected chi connectivity index (χ0v) is 14.1. The van der Waals surface area contributed by atoms with E-state index in [1.165, 1.54) is 32.1 Å². The molecule has 1 unspecified atom stereocenters. The molecule has 1 nitrogen and oxygen atoms in total. The van der Waals surface area contributed by atoms with Crippen molar-refractivity contribution in [1.29, 1.82) is 0 Å². The zero-order chi connectivity index (χ0) is 14.5. The highest BCUT2D eigenvalue weighted by Gasteiger charge is 2.21. The minimum atomic E-state index is -0.0706. The van der Waals surface area contributed by atoms with Crippen LogP contribution in [-0.2, 0) is 0 Å². The smallest absolute Gasteiger partial charge is 0.139 e. The van der Waals surface area contributed by atoms with Gasteiger partial charge in [-0.1, -0.05) is 55.3 Å². The van der Waals surface area contributed by atoms with Crippen LogP contribution in [0.15, 0.2) is 12.1 Å². The lowest BCUT2D eigenvalue weighted by Crippen LogP contribution is -2.09. The van der Waals surface area contributed by atoms with Crippen molar-refractivity contribution in [3.8, 4) is 5.75 Å².